The molecule has 0 aliphatic heterocycles. The van der Waals surface area contributed by atoms with Gasteiger partial charge in [0, 0.05) is 23.4 Å². The van der Waals surface area contributed by atoms with E-state index in [1.54, 1.807) is 19.1 Å². The average molecular weight is 635 g/mol. The molecule has 47 heavy (non-hydrogen) atoms. The first-order chi connectivity index (χ1) is 22.9. The third-order valence-corrected chi connectivity index (χ3v) is 8.41. The standard InChI is InChI=1S/C38H46N6O3/c1-3-4-5-6-7-8-9-10-11-12-13-14-15-16-20-23-31-27-35(45)43-37(40-31)32(28-39)36(30-21-18-17-19-22-30)38(43)42-41-33-25-24-29(2)26-34(33)44(46)47/h10-11,17-19,21-22,24-27,40H,3-9,12-16,20,23H2,1-2H3. The molecule has 0 saturated carbocycles. The van der Waals surface area contributed by atoms with Crippen LogP contribution in [0.4, 0.5) is 17.2 Å². The first-order valence-electron chi connectivity index (χ1n) is 17.0. The van der Waals surface area contributed by atoms with Gasteiger partial charge in [0.15, 0.2) is 11.5 Å². The number of nitro groups is 1. The summed E-state index contributed by atoms with van der Waals surface area (Å²) in [6.07, 6.45) is 21.2. The van der Waals surface area contributed by atoms with Gasteiger partial charge in [0.2, 0.25) is 0 Å². The number of nitrogens with one attached hydrogen (secondary N) is 1. The van der Waals surface area contributed by atoms with Crippen LogP contribution in [-0.2, 0) is 6.42 Å². The second kappa shape index (κ2) is 18.3. The number of nitrogens with zero attached hydrogens (tertiary/aromatic N) is 5. The van der Waals surface area contributed by atoms with Gasteiger partial charge < -0.3 is 4.98 Å². The van der Waals surface area contributed by atoms with E-state index in [0.29, 0.717) is 23.2 Å². The Balaban J connectivity index is 1.43. The quantitative estimate of drug-likeness (QED) is 0.0361. The van der Waals surface area contributed by atoms with Crippen molar-refractivity contribution in [3.05, 3.63) is 104 Å². The van der Waals surface area contributed by atoms with Gasteiger partial charge in [-0.05, 0) is 62.6 Å². The highest BCUT2D eigenvalue weighted by Crippen LogP contribution is 2.39. The van der Waals surface area contributed by atoms with Crippen LogP contribution in [0, 0.1) is 28.4 Å². The first kappa shape index (κ1) is 35.0. The third-order valence-electron chi connectivity index (χ3n) is 8.41. The van der Waals surface area contributed by atoms with Crippen molar-refractivity contribution in [2.75, 3.05) is 0 Å². The molecule has 0 spiro atoms. The molecular formula is C38H46N6O3. The maximum absolute atomic E-state index is 13.5. The lowest BCUT2D eigenvalue weighted by molar-refractivity contribution is -0.384. The van der Waals surface area contributed by atoms with Crippen LogP contribution in [0.5, 0.6) is 0 Å². The van der Waals surface area contributed by atoms with Gasteiger partial charge in [-0.25, -0.2) is 4.40 Å². The second-order valence-corrected chi connectivity index (χ2v) is 12.2. The van der Waals surface area contributed by atoms with Crippen LogP contribution in [0.15, 0.2) is 81.8 Å². The summed E-state index contributed by atoms with van der Waals surface area (Å²) in [5.74, 6) is 0.145. The van der Waals surface area contributed by atoms with Crippen LogP contribution in [0.25, 0.3) is 16.8 Å². The lowest BCUT2D eigenvalue weighted by Gasteiger charge is -2.05. The minimum Gasteiger partial charge on any atom is -0.343 e. The van der Waals surface area contributed by atoms with E-state index in [1.807, 2.05) is 30.3 Å². The number of fused-ring (bicyclic) bond motifs is 1. The van der Waals surface area contributed by atoms with E-state index in [9.17, 15) is 20.2 Å². The largest absolute Gasteiger partial charge is 0.343 e. The zero-order valence-corrected chi connectivity index (χ0v) is 27.7. The first-order valence-corrected chi connectivity index (χ1v) is 17.0. The number of hydrogen-bond acceptors (Lipinski definition) is 6. The normalized spacial score (nSPS) is 11.6. The molecule has 0 aliphatic carbocycles. The average Bonchev–Trinajstić information content (AvgIpc) is 3.39. The highest BCUT2D eigenvalue weighted by atomic mass is 16.6. The van der Waals surface area contributed by atoms with Gasteiger partial charge in [-0.2, -0.15) is 5.26 Å². The predicted octanol–water partition coefficient (Wildman–Crippen LogP) is 11.0. The fraction of sp³-hybridized carbons (Fsp3) is 0.421. The molecule has 0 bridgehead atoms. The molecule has 246 valence electrons. The number of H-pyrrole nitrogens is 1. The Bertz CT molecular complexity index is 1780. The van der Waals surface area contributed by atoms with Gasteiger partial charge in [0.25, 0.3) is 11.2 Å². The predicted molar refractivity (Wildman–Crippen MR) is 189 cm³/mol. The van der Waals surface area contributed by atoms with Crippen molar-refractivity contribution in [1.82, 2.24) is 9.38 Å². The number of allylic oxidation sites excluding steroid dienone is 2. The Morgan fingerprint density at radius 3 is 2.21 bits per heavy atom. The maximum atomic E-state index is 13.5. The number of aromatic amines is 1. The number of aromatic nitrogens is 2. The SMILES string of the molecule is CCCCCCCCC=CCCCCCCCc1cc(=O)n2c(N=Nc3ccc(C)cc3[N+](=O)[O-])c(-c3ccccc3)c(C#N)c2[nH]1. The molecule has 4 rings (SSSR count). The molecule has 2 aromatic heterocycles. The summed E-state index contributed by atoms with van der Waals surface area (Å²) in [5, 5.41) is 30.5. The maximum Gasteiger partial charge on any atom is 0.296 e. The molecule has 1 N–H and O–H groups in total. The molecule has 0 fully saturated rings. The second-order valence-electron chi connectivity index (χ2n) is 12.2. The Kier molecular flexibility index (Phi) is 13.7. The highest BCUT2D eigenvalue weighted by Gasteiger charge is 2.23. The molecule has 4 aromatic rings. The topological polar surface area (TPSA) is 129 Å². The van der Waals surface area contributed by atoms with Crippen molar-refractivity contribution in [1.29, 1.82) is 5.26 Å². The number of hydrogen-bond donors (Lipinski definition) is 1. The molecule has 0 atom stereocenters. The molecule has 0 saturated heterocycles. The van der Waals surface area contributed by atoms with Crippen molar-refractivity contribution < 1.29 is 4.92 Å². The van der Waals surface area contributed by atoms with Crippen LogP contribution in [0.3, 0.4) is 0 Å². The monoisotopic (exact) mass is 634 g/mol. The Morgan fingerprint density at radius 2 is 1.55 bits per heavy atom. The molecular weight excluding hydrogens is 588 g/mol. The van der Waals surface area contributed by atoms with Crippen molar-refractivity contribution in [3.63, 3.8) is 0 Å². The number of aryl methyl sites for hydroxylation is 2. The molecule has 2 heterocycles. The van der Waals surface area contributed by atoms with Crippen LogP contribution in [0.1, 0.15) is 107 Å². The fourth-order valence-corrected chi connectivity index (χ4v) is 5.86. The molecule has 0 aliphatic rings. The molecule has 2 aromatic carbocycles. The highest BCUT2D eigenvalue weighted by molar-refractivity contribution is 5.87. The summed E-state index contributed by atoms with van der Waals surface area (Å²) >= 11 is 0. The van der Waals surface area contributed by atoms with Gasteiger partial charge in [0.05, 0.1) is 4.92 Å². The minimum atomic E-state index is -0.509. The van der Waals surface area contributed by atoms with E-state index < -0.39 is 4.92 Å². The molecule has 0 unspecified atom stereocenters. The Hall–Kier alpha value is -4.84. The summed E-state index contributed by atoms with van der Waals surface area (Å²) in [7, 11) is 0. The lowest BCUT2D eigenvalue weighted by atomic mass is 10.0. The van der Waals surface area contributed by atoms with E-state index in [0.717, 1.165) is 36.9 Å². The Labute approximate surface area is 277 Å². The number of unbranched alkanes of at least 4 members (excludes halogenated alkanes) is 11. The summed E-state index contributed by atoms with van der Waals surface area (Å²) in [6, 6.07) is 17.7. The number of benzene rings is 2. The minimum absolute atomic E-state index is 0.0605. The number of nitro benzene ring substituents is 1. The van der Waals surface area contributed by atoms with E-state index in [-0.39, 0.29) is 28.3 Å². The van der Waals surface area contributed by atoms with Gasteiger partial charge in [-0.1, -0.05) is 107 Å². The molecule has 0 amide bonds. The summed E-state index contributed by atoms with van der Waals surface area (Å²) in [4.78, 5) is 28.0. The van der Waals surface area contributed by atoms with Crippen LogP contribution in [-0.4, -0.2) is 14.3 Å². The van der Waals surface area contributed by atoms with Crippen molar-refractivity contribution in [3.8, 4) is 17.2 Å². The van der Waals surface area contributed by atoms with E-state index in [2.05, 4.69) is 40.4 Å². The summed E-state index contributed by atoms with van der Waals surface area (Å²) < 4.78 is 1.34. The van der Waals surface area contributed by atoms with E-state index >= 15 is 0 Å². The molecule has 0 radical (unpaired) electrons. The van der Waals surface area contributed by atoms with Gasteiger partial charge in [-0.15, -0.1) is 10.2 Å². The van der Waals surface area contributed by atoms with Crippen molar-refractivity contribution >= 4 is 22.8 Å². The lowest BCUT2D eigenvalue weighted by Crippen LogP contribution is -2.14. The van der Waals surface area contributed by atoms with Crippen molar-refractivity contribution in [2.45, 2.75) is 104 Å². The zero-order chi connectivity index (χ0) is 33.4. The Morgan fingerprint density at radius 1 is 0.894 bits per heavy atom. The smallest absolute Gasteiger partial charge is 0.296 e. The van der Waals surface area contributed by atoms with E-state index in [4.69, 9.17) is 0 Å². The fourth-order valence-electron chi connectivity index (χ4n) is 5.86. The van der Waals surface area contributed by atoms with Gasteiger partial charge in [-0.3, -0.25) is 14.9 Å². The van der Waals surface area contributed by atoms with Gasteiger partial charge >= 0.3 is 0 Å². The van der Waals surface area contributed by atoms with Crippen LogP contribution >= 0.6 is 0 Å². The number of nitriles is 1. The molecule has 9 heteroatoms. The van der Waals surface area contributed by atoms with Crippen LogP contribution < -0.4 is 5.56 Å². The number of rotatable bonds is 19. The van der Waals surface area contributed by atoms with E-state index in [1.165, 1.54) is 74.3 Å². The summed E-state index contributed by atoms with van der Waals surface area (Å²) in [5.41, 5.74) is 2.75. The number of azo groups is 1. The third kappa shape index (κ3) is 9.82. The zero-order valence-electron chi connectivity index (χ0n) is 27.7. The molecule has 9 nitrogen and oxygen atoms in total. The van der Waals surface area contributed by atoms with Crippen molar-refractivity contribution in [2.24, 2.45) is 10.2 Å². The van der Waals surface area contributed by atoms with Crippen LogP contribution in [0.2, 0.25) is 0 Å². The van der Waals surface area contributed by atoms with Gasteiger partial charge in [0.1, 0.15) is 17.3 Å². The summed E-state index contributed by atoms with van der Waals surface area (Å²) in [6.45, 7) is 4.01.